The second-order valence-electron chi connectivity index (χ2n) is 3.83. The van der Waals surface area contributed by atoms with Crippen LogP contribution in [0.2, 0.25) is 0 Å². The molecule has 2 rings (SSSR count). The first-order chi connectivity index (χ1) is 7.11. The fourth-order valence-corrected chi connectivity index (χ4v) is 1.64. The molecule has 1 unspecified atom stereocenters. The van der Waals surface area contributed by atoms with Crippen molar-refractivity contribution in [3.05, 3.63) is 18.3 Å². The molecule has 2 heterocycles. The van der Waals surface area contributed by atoms with Gasteiger partial charge in [-0.3, -0.25) is 9.69 Å². The van der Waals surface area contributed by atoms with Gasteiger partial charge >= 0.3 is 0 Å². The Morgan fingerprint density at radius 3 is 2.93 bits per heavy atom. The van der Waals surface area contributed by atoms with Gasteiger partial charge < -0.3 is 4.74 Å². The number of aromatic nitrogens is 1. The highest BCUT2D eigenvalue weighted by atomic mass is 16.5. The Bertz CT molecular complexity index is 392. The Kier molecular flexibility index (Phi) is 2.34. The zero-order valence-electron chi connectivity index (χ0n) is 9.10. The van der Waals surface area contributed by atoms with Crippen molar-refractivity contribution < 1.29 is 9.53 Å². The highest BCUT2D eigenvalue weighted by Gasteiger charge is 2.31. The number of nitrogens with zero attached hydrogens (tertiary/aromatic N) is 2. The number of carbonyl (C=O) groups excluding carboxylic acids is 1. The van der Waals surface area contributed by atoms with Crippen LogP contribution in [0, 0.1) is 5.92 Å². The topological polar surface area (TPSA) is 42.4 Å². The van der Waals surface area contributed by atoms with Gasteiger partial charge in [0.2, 0.25) is 5.91 Å². The van der Waals surface area contributed by atoms with Crippen LogP contribution in [0.3, 0.4) is 0 Å². The Labute approximate surface area is 88.9 Å². The van der Waals surface area contributed by atoms with Crippen molar-refractivity contribution in [1.82, 2.24) is 4.98 Å². The third-order valence-electron chi connectivity index (χ3n) is 2.81. The minimum absolute atomic E-state index is 0.0416. The molecule has 0 saturated carbocycles. The van der Waals surface area contributed by atoms with Crippen LogP contribution in [0.25, 0.3) is 0 Å². The average molecular weight is 206 g/mol. The molecule has 80 valence electrons. The fourth-order valence-electron chi connectivity index (χ4n) is 1.64. The molecular formula is C11H14N2O2. The summed E-state index contributed by atoms with van der Waals surface area (Å²) in [7, 11) is 1.73. The molecule has 1 aliphatic heterocycles. The molecule has 0 fully saturated rings. The van der Waals surface area contributed by atoms with Gasteiger partial charge in [-0.2, -0.15) is 0 Å². The van der Waals surface area contributed by atoms with Crippen LogP contribution in [0.5, 0.6) is 5.75 Å². The summed E-state index contributed by atoms with van der Waals surface area (Å²) in [6, 6.07) is 3.64. The van der Waals surface area contributed by atoms with Crippen molar-refractivity contribution in [2.24, 2.45) is 5.92 Å². The highest BCUT2D eigenvalue weighted by Crippen LogP contribution is 2.31. The predicted molar refractivity (Wildman–Crippen MR) is 56.9 cm³/mol. The van der Waals surface area contributed by atoms with Crippen molar-refractivity contribution in [1.29, 1.82) is 0 Å². The lowest BCUT2D eigenvalue weighted by atomic mass is 10.1. The minimum atomic E-state index is -0.149. The van der Waals surface area contributed by atoms with Crippen molar-refractivity contribution >= 4 is 11.7 Å². The van der Waals surface area contributed by atoms with Gasteiger partial charge in [0, 0.05) is 13.2 Å². The van der Waals surface area contributed by atoms with E-state index in [1.807, 2.05) is 19.9 Å². The first kappa shape index (κ1) is 9.96. The smallest absolute Gasteiger partial charge is 0.234 e. The van der Waals surface area contributed by atoms with Gasteiger partial charge in [0.25, 0.3) is 0 Å². The second kappa shape index (κ2) is 3.53. The number of ether oxygens (including phenoxy) is 1. The Balaban J connectivity index is 2.49. The first-order valence-electron chi connectivity index (χ1n) is 5.00. The number of pyridine rings is 1. The average Bonchev–Trinajstić information content (AvgIpc) is 2.32. The number of amides is 1. The molecule has 0 bridgehead atoms. The van der Waals surface area contributed by atoms with E-state index in [0.29, 0.717) is 11.6 Å². The molecule has 4 heteroatoms. The van der Waals surface area contributed by atoms with Gasteiger partial charge in [-0.1, -0.05) is 6.92 Å². The van der Waals surface area contributed by atoms with Crippen LogP contribution < -0.4 is 9.64 Å². The lowest BCUT2D eigenvalue weighted by Crippen LogP contribution is -2.35. The van der Waals surface area contributed by atoms with Crippen LogP contribution in [-0.2, 0) is 4.79 Å². The third kappa shape index (κ3) is 1.56. The van der Waals surface area contributed by atoms with Crippen LogP contribution in [0.15, 0.2) is 18.3 Å². The molecule has 15 heavy (non-hydrogen) atoms. The molecule has 0 spiro atoms. The van der Waals surface area contributed by atoms with E-state index in [0.717, 1.165) is 0 Å². The van der Waals surface area contributed by atoms with Gasteiger partial charge in [-0.05, 0) is 19.1 Å². The molecule has 1 aliphatic rings. The maximum atomic E-state index is 11.9. The summed E-state index contributed by atoms with van der Waals surface area (Å²) >= 11 is 0. The summed E-state index contributed by atoms with van der Waals surface area (Å²) in [4.78, 5) is 17.6. The molecule has 0 aromatic carbocycles. The molecule has 1 amide bonds. The maximum Gasteiger partial charge on any atom is 0.234 e. The van der Waals surface area contributed by atoms with E-state index in [9.17, 15) is 4.79 Å². The Hall–Kier alpha value is -1.58. The number of hydrogen-bond donors (Lipinski definition) is 0. The summed E-state index contributed by atoms with van der Waals surface area (Å²) in [6.45, 7) is 3.77. The zero-order valence-corrected chi connectivity index (χ0v) is 9.10. The molecule has 1 aromatic heterocycles. The van der Waals surface area contributed by atoms with E-state index in [-0.39, 0.29) is 17.9 Å². The van der Waals surface area contributed by atoms with E-state index in [1.165, 1.54) is 0 Å². The summed E-state index contributed by atoms with van der Waals surface area (Å²) in [5.41, 5.74) is 0. The molecule has 4 nitrogen and oxygen atoms in total. The molecule has 0 saturated heterocycles. The number of anilines is 1. The normalized spacial score (nSPS) is 25.5. The van der Waals surface area contributed by atoms with Gasteiger partial charge in [-0.25, -0.2) is 4.98 Å². The van der Waals surface area contributed by atoms with Crippen LogP contribution in [-0.4, -0.2) is 24.0 Å². The standard InChI is InChI=1S/C11H14N2O2/c1-7-8(2)15-9-5-4-6-12-10(9)13(3)11(7)14/h4-8H,1-3H3/t7-,8?/m0/s1. The van der Waals surface area contributed by atoms with Crippen molar-refractivity contribution in [3.8, 4) is 5.75 Å². The van der Waals surface area contributed by atoms with E-state index < -0.39 is 0 Å². The minimum Gasteiger partial charge on any atom is -0.486 e. The Morgan fingerprint density at radius 1 is 1.47 bits per heavy atom. The summed E-state index contributed by atoms with van der Waals surface area (Å²) in [5.74, 6) is 1.16. The van der Waals surface area contributed by atoms with Crippen molar-refractivity contribution in [3.63, 3.8) is 0 Å². The molecule has 1 aromatic rings. The fraction of sp³-hybridized carbons (Fsp3) is 0.455. The van der Waals surface area contributed by atoms with E-state index in [4.69, 9.17) is 4.74 Å². The quantitative estimate of drug-likeness (QED) is 0.645. The highest BCUT2D eigenvalue weighted by molar-refractivity contribution is 5.95. The first-order valence-corrected chi connectivity index (χ1v) is 5.00. The van der Waals surface area contributed by atoms with E-state index >= 15 is 0 Å². The van der Waals surface area contributed by atoms with Crippen molar-refractivity contribution in [2.45, 2.75) is 20.0 Å². The van der Waals surface area contributed by atoms with E-state index in [2.05, 4.69) is 4.98 Å². The maximum absolute atomic E-state index is 11.9. The third-order valence-corrected chi connectivity index (χ3v) is 2.81. The number of rotatable bonds is 0. The lowest BCUT2D eigenvalue weighted by molar-refractivity contribution is -0.123. The van der Waals surface area contributed by atoms with Crippen molar-refractivity contribution in [2.75, 3.05) is 11.9 Å². The molecule has 0 N–H and O–H groups in total. The zero-order chi connectivity index (χ0) is 11.0. The van der Waals surface area contributed by atoms with Crippen LogP contribution in [0.4, 0.5) is 5.82 Å². The van der Waals surface area contributed by atoms with Crippen LogP contribution in [0.1, 0.15) is 13.8 Å². The van der Waals surface area contributed by atoms with Crippen LogP contribution >= 0.6 is 0 Å². The number of fused-ring (bicyclic) bond motifs is 1. The summed E-state index contributed by atoms with van der Waals surface area (Å²) in [5, 5.41) is 0. The van der Waals surface area contributed by atoms with Gasteiger partial charge in [0.05, 0.1) is 5.92 Å². The SMILES string of the molecule is CC1Oc2cccnc2N(C)C(=O)[C@H]1C. The molecule has 0 radical (unpaired) electrons. The van der Waals surface area contributed by atoms with Gasteiger partial charge in [-0.15, -0.1) is 0 Å². The number of carbonyl (C=O) groups is 1. The Morgan fingerprint density at radius 2 is 2.20 bits per heavy atom. The predicted octanol–water partition coefficient (Wildman–Crippen LogP) is 1.46. The largest absolute Gasteiger partial charge is 0.486 e. The summed E-state index contributed by atoms with van der Waals surface area (Å²) < 4.78 is 5.68. The van der Waals surface area contributed by atoms with Gasteiger partial charge in [0.1, 0.15) is 6.10 Å². The second-order valence-corrected chi connectivity index (χ2v) is 3.83. The van der Waals surface area contributed by atoms with E-state index in [1.54, 1.807) is 24.2 Å². The monoisotopic (exact) mass is 206 g/mol. The summed E-state index contributed by atoms with van der Waals surface area (Å²) in [6.07, 6.45) is 1.54. The van der Waals surface area contributed by atoms with Gasteiger partial charge in [0.15, 0.2) is 11.6 Å². The molecular weight excluding hydrogens is 192 g/mol. The molecule has 2 atom stereocenters. The lowest BCUT2D eigenvalue weighted by Gasteiger charge is -2.17. The number of hydrogen-bond acceptors (Lipinski definition) is 3. The molecule has 0 aliphatic carbocycles.